The van der Waals surface area contributed by atoms with Gasteiger partial charge in [0.1, 0.15) is 0 Å². The molecule has 1 unspecified atom stereocenters. The fourth-order valence-electron chi connectivity index (χ4n) is 2.48. The first-order valence-corrected chi connectivity index (χ1v) is 7.05. The zero-order valence-electron chi connectivity index (χ0n) is 11.4. The van der Waals surface area contributed by atoms with Crippen molar-refractivity contribution in [1.29, 1.82) is 0 Å². The van der Waals surface area contributed by atoms with E-state index >= 15 is 0 Å². The van der Waals surface area contributed by atoms with Gasteiger partial charge in [-0.25, -0.2) is 9.78 Å². The van der Waals surface area contributed by atoms with Crippen LogP contribution in [0.2, 0.25) is 0 Å². The molecule has 0 aromatic carbocycles. The summed E-state index contributed by atoms with van der Waals surface area (Å²) in [6.07, 6.45) is 3.55. The number of carbonyl (C=O) groups excluding carboxylic acids is 1. The number of rotatable bonds is 3. The standard InChI is InChI=1S/C13H20N2O2S/c1-8-10(11(16)17-4)15-12(18-8)14-9-5-6-13(2,3)7-9/h9H,5-7H2,1-4H3,(H,14,15). The zero-order chi connectivity index (χ0) is 13.3. The number of hydrogen-bond donors (Lipinski definition) is 1. The molecule has 0 saturated heterocycles. The molecule has 1 aliphatic carbocycles. The van der Waals surface area contributed by atoms with Crippen molar-refractivity contribution in [2.75, 3.05) is 12.4 Å². The Morgan fingerprint density at radius 1 is 1.56 bits per heavy atom. The first kappa shape index (κ1) is 13.3. The quantitative estimate of drug-likeness (QED) is 0.855. The molecule has 0 bridgehead atoms. The van der Waals surface area contributed by atoms with E-state index in [1.54, 1.807) is 0 Å². The molecule has 1 atom stereocenters. The highest BCUT2D eigenvalue weighted by Gasteiger charge is 2.31. The van der Waals surface area contributed by atoms with Crippen LogP contribution in [0.3, 0.4) is 0 Å². The molecule has 1 aliphatic rings. The SMILES string of the molecule is COC(=O)c1nc(NC2CCC(C)(C)C2)sc1C. The highest BCUT2D eigenvalue weighted by molar-refractivity contribution is 7.15. The van der Waals surface area contributed by atoms with Gasteiger partial charge in [-0.1, -0.05) is 13.8 Å². The summed E-state index contributed by atoms with van der Waals surface area (Å²) in [7, 11) is 1.38. The average molecular weight is 268 g/mol. The van der Waals surface area contributed by atoms with Gasteiger partial charge in [0.25, 0.3) is 0 Å². The Hall–Kier alpha value is -1.10. The number of ether oxygens (including phenoxy) is 1. The fraction of sp³-hybridized carbons (Fsp3) is 0.692. The zero-order valence-corrected chi connectivity index (χ0v) is 12.2. The lowest BCUT2D eigenvalue weighted by Gasteiger charge is -2.17. The van der Waals surface area contributed by atoms with Crippen LogP contribution in [0, 0.1) is 12.3 Å². The van der Waals surface area contributed by atoms with Crippen LogP contribution in [0.15, 0.2) is 0 Å². The second-order valence-electron chi connectivity index (χ2n) is 5.66. The summed E-state index contributed by atoms with van der Waals surface area (Å²) in [6, 6.07) is 0.469. The fourth-order valence-corrected chi connectivity index (χ4v) is 3.36. The smallest absolute Gasteiger partial charge is 0.357 e. The van der Waals surface area contributed by atoms with Crippen LogP contribution in [0.4, 0.5) is 5.13 Å². The van der Waals surface area contributed by atoms with E-state index in [4.69, 9.17) is 4.74 Å². The number of methoxy groups -OCH3 is 1. The number of aromatic nitrogens is 1. The van der Waals surface area contributed by atoms with E-state index in [1.165, 1.54) is 31.3 Å². The lowest BCUT2D eigenvalue weighted by atomic mass is 9.92. The predicted molar refractivity (Wildman–Crippen MR) is 73.2 cm³/mol. The number of esters is 1. The topological polar surface area (TPSA) is 51.2 Å². The van der Waals surface area contributed by atoms with Crippen LogP contribution >= 0.6 is 11.3 Å². The van der Waals surface area contributed by atoms with Gasteiger partial charge in [-0.05, 0) is 31.6 Å². The Kier molecular flexibility index (Phi) is 3.61. The van der Waals surface area contributed by atoms with Gasteiger partial charge in [0.05, 0.1) is 7.11 Å². The van der Waals surface area contributed by atoms with Crippen molar-refractivity contribution < 1.29 is 9.53 Å². The maximum absolute atomic E-state index is 11.5. The molecule has 0 amide bonds. The lowest BCUT2D eigenvalue weighted by Crippen LogP contribution is -2.17. The second-order valence-corrected chi connectivity index (χ2v) is 6.87. The molecule has 1 saturated carbocycles. The number of carbonyl (C=O) groups is 1. The first-order valence-electron chi connectivity index (χ1n) is 6.23. The minimum Gasteiger partial charge on any atom is -0.464 e. The second kappa shape index (κ2) is 4.88. The Morgan fingerprint density at radius 3 is 2.83 bits per heavy atom. The number of hydrogen-bond acceptors (Lipinski definition) is 5. The van der Waals surface area contributed by atoms with Crippen LogP contribution in [0.5, 0.6) is 0 Å². The number of thiazole rings is 1. The van der Waals surface area contributed by atoms with E-state index < -0.39 is 0 Å². The maximum atomic E-state index is 11.5. The summed E-state index contributed by atoms with van der Waals surface area (Å²) in [5.74, 6) is -0.358. The maximum Gasteiger partial charge on any atom is 0.357 e. The molecule has 0 spiro atoms. The van der Waals surface area contributed by atoms with E-state index in [-0.39, 0.29) is 5.97 Å². The minimum atomic E-state index is -0.358. The van der Waals surface area contributed by atoms with Crippen LogP contribution in [0.25, 0.3) is 0 Å². The van der Waals surface area contributed by atoms with E-state index in [0.717, 1.165) is 16.4 Å². The van der Waals surface area contributed by atoms with Crippen molar-refractivity contribution in [3.63, 3.8) is 0 Å². The van der Waals surface area contributed by atoms with Crippen LogP contribution < -0.4 is 5.32 Å². The predicted octanol–water partition coefficient (Wildman–Crippen LogP) is 3.23. The van der Waals surface area contributed by atoms with Gasteiger partial charge in [0, 0.05) is 10.9 Å². The molecule has 0 radical (unpaired) electrons. The number of anilines is 1. The molecule has 4 nitrogen and oxygen atoms in total. The molecule has 100 valence electrons. The van der Waals surface area contributed by atoms with Crippen molar-refractivity contribution in [1.82, 2.24) is 4.98 Å². The van der Waals surface area contributed by atoms with Gasteiger partial charge in [0.2, 0.25) is 0 Å². The molecular weight excluding hydrogens is 248 g/mol. The monoisotopic (exact) mass is 268 g/mol. The highest BCUT2D eigenvalue weighted by atomic mass is 32.1. The molecule has 5 heteroatoms. The Morgan fingerprint density at radius 2 is 2.28 bits per heavy atom. The molecule has 1 fully saturated rings. The van der Waals surface area contributed by atoms with Crippen molar-refractivity contribution >= 4 is 22.4 Å². The van der Waals surface area contributed by atoms with Crippen molar-refractivity contribution in [2.24, 2.45) is 5.41 Å². The minimum absolute atomic E-state index is 0.358. The number of nitrogens with one attached hydrogen (secondary N) is 1. The van der Waals surface area contributed by atoms with E-state index in [1.807, 2.05) is 6.92 Å². The molecule has 1 N–H and O–H groups in total. The van der Waals surface area contributed by atoms with E-state index in [0.29, 0.717) is 17.2 Å². The van der Waals surface area contributed by atoms with Gasteiger partial charge in [-0.2, -0.15) is 0 Å². The van der Waals surface area contributed by atoms with E-state index in [9.17, 15) is 4.79 Å². The largest absolute Gasteiger partial charge is 0.464 e. The number of nitrogens with zero attached hydrogens (tertiary/aromatic N) is 1. The van der Waals surface area contributed by atoms with Crippen molar-refractivity contribution in [3.05, 3.63) is 10.6 Å². The van der Waals surface area contributed by atoms with Gasteiger partial charge in [0.15, 0.2) is 10.8 Å². The summed E-state index contributed by atoms with van der Waals surface area (Å²) in [4.78, 5) is 16.7. The van der Waals surface area contributed by atoms with Gasteiger partial charge >= 0.3 is 5.97 Å². The molecule has 1 aromatic heterocycles. The Bertz CT molecular complexity index is 454. The first-order chi connectivity index (χ1) is 8.41. The Balaban J connectivity index is 2.05. The molecule has 2 rings (SSSR count). The summed E-state index contributed by atoms with van der Waals surface area (Å²) >= 11 is 1.52. The van der Waals surface area contributed by atoms with Crippen LogP contribution in [-0.4, -0.2) is 24.1 Å². The molecule has 0 aliphatic heterocycles. The van der Waals surface area contributed by atoms with Gasteiger partial charge in [-0.3, -0.25) is 0 Å². The Labute approximate surface area is 112 Å². The third-order valence-corrected chi connectivity index (χ3v) is 4.37. The average Bonchev–Trinajstić information content (AvgIpc) is 2.81. The molecular formula is C13H20N2O2S. The van der Waals surface area contributed by atoms with Gasteiger partial charge in [-0.15, -0.1) is 11.3 Å². The molecule has 18 heavy (non-hydrogen) atoms. The summed E-state index contributed by atoms with van der Waals surface area (Å²) in [5.41, 5.74) is 0.845. The normalized spacial score (nSPS) is 21.9. The number of aryl methyl sites for hydroxylation is 1. The summed E-state index contributed by atoms with van der Waals surface area (Å²) in [6.45, 7) is 6.48. The van der Waals surface area contributed by atoms with Gasteiger partial charge < -0.3 is 10.1 Å². The highest BCUT2D eigenvalue weighted by Crippen LogP contribution is 2.38. The molecule has 1 aromatic rings. The van der Waals surface area contributed by atoms with Crippen LogP contribution in [0.1, 0.15) is 48.5 Å². The summed E-state index contributed by atoms with van der Waals surface area (Å²) < 4.78 is 4.71. The lowest BCUT2D eigenvalue weighted by molar-refractivity contribution is 0.0594. The van der Waals surface area contributed by atoms with E-state index in [2.05, 4.69) is 24.1 Å². The molecule has 1 heterocycles. The summed E-state index contributed by atoms with van der Waals surface area (Å²) in [5, 5.41) is 4.27. The van der Waals surface area contributed by atoms with Crippen molar-refractivity contribution in [2.45, 2.75) is 46.1 Å². The van der Waals surface area contributed by atoms with Crippen molar-refractivity contribution in [3.8, 4) is 0 Å². The third kappa shape index (κ3) is 2.83. The van der Waals surface area contributed by atoms with Crippen LogP contribution in [-0.2, 0) is 4.74 Å². The third-order valence-electron chi connectivity index (χ3n) is 3.47.